The summed E-state index contributed by atoms with van der Waals surface area (Å²) in [7, 11) is 0. The molecule has 0 saturated carbocycles. The van der Waals surface area contributed by atoms with Gasteiger partial charge in [-0.25, -0.2) is 11.4 Å². The maximum atomic E-state index is 12.3. The normalized spacial score (nSPS) is 18.2. The van der Waals surface area contributed by atoms with E-state index in [4.69, 9.17) is 16.0 Å². The lowest BCUT2D eigenvalue weighted by atomic mass is 9.88. The lowest BCUT2D eigenvalue weighted by Crippen LogP contribution is -2.44. The van der Waals surface area contributed by atoms with Crippen LogP contribution in [0.2, 0.25) is 0 Å². The van der Waals surface area contributed by atoms with Gasteiger partial charge in [-0.2, -0.15) is 0 Å². The fourth-order valence-electron chi connectivity index (χ4n) is 3.01. The number of ether oxygens (including phenoxy) is 2. The zero-order valence-electron chi connectivity index (χ0n) is 16.7. The Morgan fingerprint density at radius 2 is 1.96 bits per heavy atom. The molecule has 26 heavy (non-hydrogen) atoms. The van der Waals surface area contributed by atoms with E-state index < -0.39 is 5.60 Å². The molecule has 0 N–H and O–H groups in total. The highest BCUT2D eigenvalue weighted by atomic mass is 16.6. The van der Waals surface area contributed by atoms with E-state index in [0.717, 1.165) is 18.4 Å². The van der Waals surface area contributed by atoms with Crippen LogP contribution >= 0.6 is 0 Å². The summed E-state index contributed by atoms with van der Waals surface area (Å²) in [6.45, 7) is 17.9. The van der Waals surface area contributed by atoms with Crippen molar-refractivity contribution in [3.05, 3.63) is 47.3 Å². The summed E-state index contributed by atoms with van der Waals surface area (Å²) in [4.78, 5) is 17.4. The van der Waals surface area contributed by atoms with Crippen molar-refractivity contribution in [2.45, 2.75) is 59.2 Å². The van der Waals surface area contributed by atoms with Crippen molar-refractivity contribution in [2.75, 3.05) is 19.8 Å². The van der Waals surface area contributed by atoms with Gasteiger partial charge in [-0.3, -0.25) is 4.85 Å². The van der Waals surface area contributed by atoms with Gasteiger partial charge in [-0.05, 0) is 39.2 Å². The first-order chi connectivity index (χ1) is 12.4. The zero-order chi connectivity index (χ0) is 19.6. The molecule has 0 aliphatic carbocycles. The van der Waals surface area contributed by atoms with E-state index >= 15 is 0 Å². The first kappa shape index (κ1) is 22.0. The monoisotopic (exact) mass is 360 g/mol. The minimum atomic E-state index is -0.497. The van der Waals surface area contributed by atoms with Gasteiger partial charge in [0.2, 0.25) is 0 Å². The summed E-state index contributed by atoms with van der Waals surface area (Å²) in [5.74, 6) is 0.162. The Morgan fingerprint density at radius 3 is 2.54 bits per heavy atom. The van der Waals surface area contributed by atoms with Crippen LogP contribution in [0.4, 0.5) is 4.79 Å². The highest BCUT2D eigenvalue weighted by Gasteiger charge is 2.33. The van der Waals surface area contributed by atoms with Gasteiger partial charge in [0.1, 0.15) is 5.60 Å². The van der Waals surface area contributed by atoms with Crippen molar-refractivity contribution in [1.29, 1.82) is 0 Å². The van der Waals surface area contributed by atoms with Crippen molar-refractivity contribution in [1.82, 2.24) is 4.90 Å². The molecule has 1 heterocycles. The van der Waals surface area contributed by atoms with E-state index in [-0.39, 0.29) is 24.8 Å². The molecular weight excluding hydrogens is 328 g/mol. The number of hydrogen-bond donors (Lipinski definition) is 0. The SMILES string of the molecule is CC.[C-]#[N+]COC(c1ccccc1)C1CCCN(C(=O)OC(C)(C)C)C1. The zero-order valence-corrected chi connectivity index (χ0v) is 16.7. The number of hydrogen-bond acceptors (Lipinski definition) is 3. The Kier molecular flexibility index (Phi) is 9.15. The topological polar surface area (TPSA) is 43.1 Å². The maximum Gasteiger partial charge on any atom is 0.410 e. The summed E-state index contributed by atoms with van der Waals surface area (Å²) in [6, 6.07) is 9.93. The number of nitrogens with zero attached hydrogens (tertiary/aromatic N) is 2. The highest BCUT2D eigenvalue weighted by Crippen LogP contribution is 2.33. The average molecular weight is 360 g/mol. The first-order valence-corrected chi connectivity index (χ1v) is 9.38. The molecule has 0 aromatic heterocycles. The van der Waals surface area contributed by atoms with Crippen molar-refractivity contribution in [3.8, 4) is 0 Å². The Hall–Kier alpha value is -2.06. The Morgan fingerprint density at radius 1 is 1.31 bits per heavy atom. The summed E-state index contributed by atoms with van der Waals surface area (Å²) in [6.07, 6.45) is 1.43. The molecule has 1 fully saturated rings. The number of amides is 1. The van der Waals surface area contributed by atoms with Crippen molar-refractivity contribution >= 4 is 6.09 Å². The first-order valence-electron chi connectivity index (χ1n) is 9.38. The molecule has 2 rings (SSSR count). The van der Waals surface area contributed by atoms with Crippen molar-refractivity contribution in [2.24, 2.45) is 5.92 Å². The molecule has 2 unspecified atom stereocenters. The molecule has 1 aliphatic heterocycles. The largest absolute Gasteiger partial charge is 0.444 e. The van der Waals surface area contributed by atoms with Crippen LogP contribution in [0.3, 0.4) is 0 Å². The van der Waals surface area contributed by atoms with Gasteiger partial charge in [-0.1, -0.05) is 44.2 Å². The molecule has 0 bridgehead atoms. The standard InChI is InChI=1S/C19H26N2O3.C2H6/c1-19(2,3)24-18(22)21-12-8-11-16(13-21)17(23-14-20-4)15-9-6-5-7-10-15;1-2/h5-7,9-10,16-17H,8,11-14H2,1-3H3;1-2H3. The Balaban J connectivity index is 0.00000163. The third-order valence-corrected chi connectivity index (χ3v) is 3.98. The predicted octanol–water partition coefficient (Wildman–Crippen LogP) is 5.29. The highest BCUT2D eigenvalue weighted by molar-refractivity contribution is 5.68. The molecule has 0 radical (unpaired) electrons. The van der Waals surface area contributed by atoms with Gasteiger partial charge in [0.15, 0.2) is 0 Å². The molecule has 5 nitrogen and oxygen atoms in total. The van der Waals surface area contributed by atoms with Crippen LogP contribution in [0.5, 0.6) is 0 Å². The van der Waals surface area contributed by atoms with Gasteiger partial charge in [0.25, 0.3) is 0 Å². The second kappa shape index (κ2) is 10.8. The molecule has 1 aromatic rings. The predicted molar refractivity (Wildman–Crippen MR) is 104 cm³/mol. The van der Waals surface area contributed by atoms with Gasteiger partial charge in [0, 0.05) is 19.0 Å². The van der Waals surface area contributed by atoms with Crippen LogP contribution < -0.4 is 0 Å². The number of carbonyl (C=O) groups is 1. The second-order valence-corrected chi connectivity index (χ2v) is 7.11. The molecule has 1 saturated heterocycles. The average Bonchev–Trinajstić information content (AvgIpc) is 2.63. The summed E-state index contributed by atoms with van der Waals surface area (Å²) >= 11 is 0. The fourth-order valence-corrected chi connectivity index (χ4v) is 3.01. The van der Waals surface area contributed by atoms with Gasteiger partial charge in [-0.15, -0.1) is 0 Å². The minimum absolute atomic E-state index is 0.0303. The molecule has 144 valence electrons. The number of carbonyl (C=O) groups excluding carboxylic acids is 1. The quantitative estimate of drug-likeness (QED) is 0.685. The van der Waals surface area contributed by atoms with E-state index in [1.54, 1.807) is 4.90 Å². The minimum Gasteiger partial charge on any atom is -0.444 e. The van der Waals surface area contributed by atoms with E-state index in [1.807, 2.05) is 65.0 Å². The van der Waals surface area contributed by atoms with Gasteiger partial charge in [0.05, 0.1) is 6.10 Å². The number of rotatable bonds is 4. The van der Waals surface area contributed by atoms with E-state index in [9.17, 15) is 4.79 Å². The lowest BCUT2D eigenvalue weighted by molar-refractivity contribution is -0.0179. The molecule has 0 spiro atoms. The van der Waals surface area contributed by atoms with Crippen LogP contribution in [0.1, 0.15) is 59.1 Å². The van der Waals surface area contributed by atoms with Gasteiger partial charge < -0.3 is 14.4 Å². The smallest absolute Gasteiger partial charge is 0.410 e. The fraction of sp³-hybridized carbons (Fsp3) is 0.619. The molecule has 1 amide bonds. The second-order valence-electron chi connectivity index (χ2n) is 7.11. The molecule has 1 aromatic carbocycles. The van der Waals surface area contributed by atoms with Crippen LogP contribution in [0.15, 0.2) is 30.3 Å². The van der Waals surface area contributed by atoms with Crippen LogP contribution in [0.25, 0.3) is 4.85 Å². The van der Waals surface area contributed by atoms with Crippen molar-refractivity contribution in [3.63, 3.8) is 0 Å². The van der Waals surface area contributed by atoms with E-state index in [2.05, 4.69) is 4.85 Å². The van der Waals surface area contributed by atoms with E-state index in [1.165, 1.54) is 0 Å². The third-order valence-electron chi connectivity index (χ3n) is 3.98. The van der Waals surface area contributed by atoms with Gasteiger partial charge >= 0.3 is 12.8 Å². The Bertz CT molecular complexity index is 575. The number of likely N-dealkylation sites (tertiary alicyclic amines) is 1. The molecule has 5 heteroatoms. The molecule has 2 atom stereocenters. The lowest BCUT2D eigenvalue weighted by Gasteiger charge is -2.37. The summed E-state index contributed by atoms with van der Waals surface area (Å²) < 4.78 is 11.3. The maximum absolute atomic E-state index is 12.3. The Labute approximate surface area is 158 Å². The molecular formula is C21H32N2O3. The van der Waals surface area contributed by atoms with Crippen LogP contribution in [-0.4, -0.2) is 36.4 Å². The third kappa shape index (κ3) is 7.05. The number of piperidine rings is 1. The summed E-state index contributed by atoms with van der Waals surface area (Å²) in [5.41, 5.74) is 0.556. The summed E-state index contributed by atoms with van der Waals surface area (Å²) in [5, 5.41) is 0. The van der Waals surface area contributed by atoms with Crippen LogP contribution in [-0.2, 0) is 9.47 Å². The molecule has 1 aliphatic rings. The van der Waals surface area contributed by atoms with E-state index in [0.29, 0.717) is 13.1 Å². The van der Waals surface area contributed by atoms with Crippen LogP contribution in [0, 0.1) is 12.5 Å². The number of benzene rings is 1. The van der Waals surface area contributed by atoms with Crippen molar-refractivity contribution < 1.29 is 14.3 Å².